The minimum absolute atomic E-state index is 0.861. The lowest BCUT2D eigenvalue weighted by atomic mass is 9.94. The Hall–Kier alpha value is -3.56. The molecule has 100 heavy (non-hydrogen) atoms. The molecule has 7 saturated heterocycles. The van der Waals surface area contributed by atoms with Crippen molar-refractivity contribution in [3.8, 4) is 0 Å². The molecular weight excluding hydrogens is 1370 g/mol. The Morgan fingerprint density at radius 1 is 0.360 bits per heavy atom. The Labute approximate surface area is 568 Å². The SMILES string of the molecule is CC(=O)N[C@H]1[C@H](O[C@@H]([C@@H](O)[C@H](O)CO[C@@H]2O[C@H](CO)[C@@H](O[C@@H]3O[C@H](CO)[C@H](O)[C@H](O[C@@H]4O[C@H](CO)[C@@H](O)[C@H](O[C@@H]5O[C@H](CO)[C@H](O)[C@H](O)[C@H]5O[C@@H]5O[C@@H](C)[C@@H](O)[C@@H](O)[C@@H]5O)[C@H]4NC(C)=O)[C@H]3O)[C@H](O)[C@H]2NC(C)=O)[C@H](CO)NC(C)=O)O[C@H](CO)[C@@H](O[C@@H]2O[C@H](CO)[C@H](O)[C@H](O)[C@H]2O)[C@@H]1O. The molecule has 4 amide bonds. The number of aliphatic hydroxyl groups is 22. The highest BCUT2D eigenvalue weighted by Crippen LogP contribution is 2.38. The summed E-state index contributed by atoms with van der Waals surface area (Å²) in [6, 6.07) is -7.26. The average molecular weight is 1470 g/mol. The zero-order chi connectivity index (χ0) is 74.2. The monoisotopic (exact) mass is 1460 g/mol. The van der Waals surface area contributed by atoms with Crippen molar-refractivity contribution in [2.24, 2.45) is 0 Å². The molecule has 7 aliphatic rings. The molecule has 0 unspecified atom stereocenters. The van der Waals surface area contributed by atoms with Crippen LogP contribution < -0.4 is 21.3 Å². The van der Waals surface area contributed by atoms with Gasteiger partial charge in [0.1, 0.15) is 183 Å². The first-order valence-corrected chi connectivity index (χ1v) is 31.9. The minimum Gasteiger partial charge on any atom is -0.394 e. The molecule has 0 saturated carbocycles. The van der Waals surface area contributed by atoms with Gasteiger partial charge >= 0.3 is 0 Å². The van der Waals surface area contributed by atoms with Crippen molar-refractivity contribution >= 4 is 23.6 Å². The zero-order valence-electron chi connectivity index (χ0n) is 54.4. The van der Waals surface area contributed by atoms with Crippen LogP contribution in [0.1, 0.15) is 34.6 Å². The molecule has 26 N–H and O–H groups in total. The maximum absolute atomic E-state index is 13.0. The minimum atomic E-state index is -2.37. The second-order valence-electron chi connectivity index (χ2n) is 25.1. The fourth-order valence-corrected chi connectivity index (χ4v) is 12.5. The summed E-state index contributed by atoms with van der Waals surface area (Å²) < 4.78 is 81.6. The summed E-state index contributed by atoms with van der Waals surface area (Å²) in [5.74, 6) is -3.57. The number of hydrogen-bond donors (Lipinski definition) is 26. The molecule has 0 bridgehead atoms. The van der Waals surface area contributed by atoms with E-state index < -0.39 is 316 Å². The molecule has 7 rings (SSSR count). The van der Waals surface area contributed by atoms with Crippen molar-refractivity contribution in [1.29, 1.82) is 0 Å². The molecule has 0 radical (unpaired) electrons. The molecule has 44 heteroatoms. The van der Waals surface area contributed by atoms with Gasteiger partial charge in [0.05, 0.1) is 65.0 Å². The molecule has 580 valence electrons. The summed E-state index contributed by atoms with van der Waals surface area (Å²) in [6.45, 7) is -3.30. The van der Waals surface area contributed by atoms with Crippen molar-refractivity contribution in [2.45, 2.75) is 274 Å². The Morgan fingerprint density at radius 3 is 1.23 bits per heavy atom. The van der Waals surface area contributed by atoms with Crippen LogP contribution in [0.4, 0.5) is 0 Å². The fraction of sp³-hybridized carbons (Fsp3) is 0.929. The number of aliphatic hydroxyl groups excluding tert-OH is 22. The summed E-state index contributed by atoms with van der Waals surface area (Å²) >= 11 is 0. The highest BCUT2D eigenvalue weighted by atomic mass is 16.8. The third-order valence-corrected chi connectivity index (χ3v) is 17.9. The van der Waals surface area contributed by atoms with Crippen LogP contribution in [-0.4, -0.2) is 428 Å². The lowest BCUT2D eigenvalue weighted by Gasteiger charge is -2.51. The van der Waals surface area contributed by atoms with Gasteiger partial charge in [0.25, 0.3) is 0 Å². The van der Waals surface area contributed by atoms with Gasteiger partial charge < -0.3 is 200 Å². The van der Waals surface area contributed by atoms with Crippen LogP contribution in [0.2, 0.25) is 0 Å². The van der Waals surface area contributed by atoms with Crippen molar-refractivity contribution in [1.82, 2.24) is 21.3 Å². The lowest BCUT2D eigenvalue weighted by molar-refractivity contribution is -0.389. The van der Waals surface area contributed by atoms with Crippen molar-refractivity contribution in [3.05, 3.63) is 0 Å². The van der Waals surface area contributed by atoms with Gasteiger partial charge in [-0.3, -0.25) is 19.2 Å². The topological polar surface area (TPSA) is 691 Å². The van der Waals surface area contributed by atoms with Crippen LogP contribution in [0, 0.1) is 0 Å². The number of amides is 4. The molecular formula is C56H96N4O40. The summed E-state index contributed by atoms with van der Waals surface area (Å²) in [5, 5.41) is 250. The van der Waals surface area contributed by atoms with Crippen LogP contribution in [-0.2, 0) is 85.5 Å². The fourth-order valence-electron chi connectivity index (χ4n) is 12.5. The normalized spacial score (nSPS) is 45.4. The Morgan fingerprint density at radius 2 is 0.740 bits per heavy atom. The highest BCUT2D eigenvalue weighted by molar-refractivity contribution is 5.74. The maximum Gasteiger partial charge on any atom is 0.217 e. The second kappa shape index (κ2) is 37.1. The molecule has 7 aliphatic heterocycles. The third-order valence-electron chi connectivity index (χ3n) is 17.9. The summed E-state index contributed by atoms with van der Waals surface area (Å²) in [4.78, 5) is 50.9. The summed E-state index contributed by atoms with van der Waals surface area (Å²) in [6.07, 6.45) is -68.6. The maximum atomic E-state index is 13.0. The predicted molar refractivity (Wildman–Crippen MR) is 312 cm³/mol. The molecule has 0 spiro atoms. The van der Waals surface area contributed by atoms with E-state index in [1.54, 1.807) is 0 Å². The van der Waals surface area contributed by atoms with Crippen molar-refractivity contribution in [3.63, 3.8) is 0 Å². The molecule has 0 aromatic rings. The van der Waals surface area contributed by atoms with Gasteiger partial charge in [0, 0.05) is 27.7 Å². The standard InChI is InChI=1S/C56H96N4O40/c1-14-30(73)38(81)41(84)53(88-14)100-49-40(83)33(76)22(8-63)92-56(49)98-47-29(60-18(5)71)52(89-23(9-64)34(47)77)99-48-35(78)24(10-65)91-55(43(48)86)97-45-25(11-66)93-50(27(36(45)79)58-16(3)69)87-13-20(72)31(74)44(19(6-61)57-15(2)68)95-51-28(59-17(4)70)37(80)46(26(12-67)94-51)96-54-42(85)39(82)32(75)21(7-62)90-54/h14,19-56,61-67,72-86H,6-13H2,1-5H3,(H,57,68)(H,58,69)(H,59,70)(H,60,71)/t14-,19-,20+,21+,22+,23+,24+,25+,26+,27+,28+,29+,30+,31-,32-,33-,34+,35-,36+,37+,38+,39-,40-,41-,42+,43+,44+,45+,46+,47+,48-,49+,50+,51-,52-,53-,54-,55-,56-/m0/s1. The van der Waals surface area contributed by atoms with E-state index in [9.17, 15) is 132 Å². The summed E-state index contributed by atoms with van der Waals surface area (Å²) in [5.41, 5.74) is 0. The van der Waals surface area contributed by atoms with E-state index in [2.05, 4.69) is 21.3 Å². The van der Waals surface area contributed by atoms with Crippen LogP contribution in [0.25, 0.3) is 0 Å². The smallest absolute Gasteiger partial charge is 0.217 e. The lowest BCUT2D eigenvalue weighted by Crippen LogP contribution is -2.70. The first kappa shape index (κ1) is 83.7. The van der Waals surface area contributed by atoms with Crippen LogP contribution in [0.5, 0.6) is 0 Å². The highest BCUT2D eigenvalue weighted by Gasteiger charge is 2.59. The molecule has 0 aromatic heterocycles. The number of carbonyl (C=O) groups is 4. The van der Waals surface area contributed by atoms with E-state index in [0.717, 1.165) is 27.7 Å². The number of ether oxygens (including phenoxy) is 14. The van der Waals surface area contributed by atoms with E-state index in [1.165, 1.54) is 6.92 Å². The van der Waals surface area contributed by atoms with Gasteiger partial charge in [-0.1, -0.05) is 0 Å². The molecule has 7 fully saturated rings. The van der Waals surface area contributed by atoms with Gasteiger partial charge in [0.2, 0.25) is 23.6 Å². The number of rotatable bonds is 29. The van der Waals surface area contributed by atoms with Crippen molar-refractivity contribution < 1.29 is 198 Å². The van der Waals surface area contributed by atoms with Gasteiger partial charge in [-0.2, -0.15) is 0 Å². The molecule has 39 atom stereocenters. The molecule has 44 nitrogen and oxygen atoms in total. The van der Waals surface area contributed by atoms with Gasteiger partial charge in [-0.25, -0.2) is 0 Å². The molecule has 0 aromatic carbocycles. The number of nitrogens with one attached hydrogen (secondary N) is 4. The van der Waals surface area contributed by atoms with E-state index in [4.69, 9.17) is 66.3 Å². The Balaban J connectivity index is 1.09. The third kappa shape index (κ3) is 19.2. The second-order valence-corrected chi connectivity index (χ2v) is 25.1. The predicted octanol–water partition coefficient (Wildman–Crippen LogP) is -17.2. The van der Waals surface area contributed by atoms with Gasteiger partial charge in [0.15, 0.2) is 44.0 Å². The first-order chi connectivity index (χ1) is 47.2. The van der Waals surface area contributed by atoms with Crippen LogP contribution >= 0.6 is 0 Å². The van der Waals surface area contributed by atoms with E-state index in [-0.39, 0.29) is 0 Å². The molecule has 7 heterocycles. The largest absolute Gasteiger partial charge is 0.394 e. The van der Waals surface area contributed by atoms with Crippen molar-refractivity contribution in [2.75, 3.05) is 52.9 Å². The quantitative estimate of drug-likeness (QED) is 0.0331. The van der Waals surface area contributed by atoms with E-state index in [0.29, 0.717) is 0 Å². The van der Waals surface area contributed by atoms with E-state index in [1.807, 2.05) is 0 Å². The van der Waals surface area contributed by atoms with Crippen LogP contribution in [0.15, 0.2) is 0 Å². The Kier molecular flexibility index (Phi) is 31.1. The Bertz CT molecular complexity index is 2570. The average Bonchev–Trinajstić information content (AvgIpc) is 0.775. The molecule has 0 aliphatic carbocycles. The van der Waals surface area contributed by atoms with Gasteiger partial charge in [-0.05, 0) is 6.92 Å². The van der Waals surface area contributed by atoms with Crippen LogP contribution in [0.3, 0.4) is 0 Å². The summed E-state index contributed by atoms with van der Waals surface area (Å²) in [7, 11) is 0. The number of hydrogen-bond acceptors (Lipinski definition) is 40. The van der Waals surface area contributed by atoms with E-state index >= 15 is 0 Å². The zero-order valence-corrected chi connectivity index (χ0v) is 54.4. The van der Waals surface area contributed by atoms with Gasteiger partial charge in [-0.15, -0.1) is 0 Å². The first-order valence-electron chi connectivity index (χ1n) is 31.9. The number of carbonyl (C=O) groups excluding carboxylic acids is 4.